The van der Waals surface area contributed by atoms with E-state index in [-0.39, 0.29) is 26.4 Å². The Balaban J connectivity index is 1.84. The van der Waals surface area contributed by atoms with Crippen molar-refractivity contribution in [2.75, 3.05) is 0 Å². The molecular formula is C11H7ClF3N5O2S2. The maximum atomic E-state index is 12.7. The van der Waals surface area contributed by atoms with Gasteiger partial charge in [0.25, 0.3) is 5.82 Å². The van der Waals surface area contributed by atoms with Crippen LogP contribution in [0.5, 0.6) is 0 Å². The van der Waals surface area contributed by atoms with Crippen LogP contribution in [0.15, 0.2) is 29.2 Å². The van der Waals surface area contributed by atoms with Gasteiger partial charge in [-0.05, 0) is 12.1 Å². The molecule has 0 unspecified atom stereocenters. The average Bonchev–Trinajstić information content (AvgIpc) is 3.04. The van der Waals surface area contributed by atoms with Crippen molar-refractivity contribution in [2.24, 2.45) is 0 Å². The third-order valence-corrected chi connectivity index (χ3v) is 5.63. The monoisotopic (exact) mass is 397 g/mol. The Hall–Kier alpha value is -1.76. The molecule has 0 fully saturated rings. The van der Waals surface area contributed by atoms with Gasteiger partial charge in [-0.1, -0.05) is 35.1 Å². The fraction of sp³-hybridized carbons (Fsp3) is 0.182. The minimum Gasteiger partial charge on any atom is -0.207 e. The third-order valence-electron chi connectivity index (χ3n) is 2.83. The molecule has 0 amide bonds. The summed E-state index contributed by atoms with van der Waals surface area (Å²) in [6.45, 7) is -0.307. The predicted molar refractivity (Wildman–Crippen MR) is 79.1 cm³/mol. The first-order valence-electron chi connectivity index (χ1n) is 6.21. The Morgan fingerprint density at radius 2 is 1.96 bits per heavy atom. The number of hydrogen-bond acceptors (Lipinski definition) is 6. The number of nitrogens with one attached hydrogen (secondary N) is 1. The molecule has 3 rings (SSSR count). The van der Waals surface area contributed by atoms with E-state index in [0.29, 0.717) is 4.52 Å². The van der Waals surface area contributed by atoms with Crippen molar-refractivity contribution in [1.29, 1.82) is 0 Å². The van der Waals surface area contributed by atoms with Crippen molar-refractivity contribution in [2.45, 2.75) is 17.6 Å². The first kappa shape index (κ1) is 17.1. The van der Waals surface area contributed by atoms with Gasteiger partial charge in [-0.2, -0.15) is 22.8 Å². The highest BCUT2D eigenvalue weighted by molar-refractivity contribution is 7.89. The molecule has 0 aliphatic carbocycles. The molecular weight excluding hydrogens is 391 g/mol. The molecule has 0 radical (unpaired) electrons. The standard InChI is InChI=1S/C11H7ClF3N5O2S2/c12-6-3-1-2-4-7(6)24(21,22)16-5-8-19-20-9(11(13,14)15)17-18-10(20)23-8/h1-4,16H,5H2. The SMILES string of the molecule is O=S(=O)(NCc1nn2c(C(F)(F)F)nnc2s1)c1ccccc1Cl. The summed E-state index contributed by atoms with van der Waals surface area (Å²) >= 11 is 6.62. The van der Waals surface area contributed by atoms with Crippen LogP contribution in [0.3, 0.4) is 0 Å². The van der Waals surface area contributed by atoms with E-state index in [4.69, 9.17) is 11.6 Å². The third kappa shape index (κ3) is 3.22. The summed E-state index contributed by atoms with van der Waals surface area (Å²) < 4.78 is 65.3. The molecule has 0 saturated heterocycles. The Morgan fingerprint density at radius 1 is 1.25 bits per heavy atom. The molecule has 1 aromatic carbocycles. The molecule has 0 aliphatic heterocycles. The Kier molecular flexibility index (Phi) is 4.23. The Labute approximate surface area is 142 Å². The van der Waals surface area contributed by atoms with Gasteiger partial charge in [0.2, 0.25) is 15.0 Å². The summed E-state index contributed by atoms with van der Waals surface area (Å²) in [5, 5.41) is 10.2. The normalized spacial score (nSPS) is 12.8. The van der Waals surface area contributed by atoms with Crippen LogP contribution in [0.4, 0.5) is 13.2 Å². The summed E-state index contributed by atoms with van der Waals surface area (Å²) in [5.74, 6) is -1.27. The molecule has 3 aromatic rings. The second-order valence-electron chi connectivity index (χ2n) is 4.47. The van der Waals surface area contributed by atoms with Crippen LogP contribution in [0, 0.1) is 0 Å². The van der Waals surface area contributed by atoms with Crippen LogP contribution in [-0.2, 0) is 22.7 Å². The molecule has 0 spiro atoms. The van der Waals surface area contributed by atoms with Crippen LogP contribution in [0.2, 0.25) is 5.02 Å². The lowest BCUT2D eigenvalue weighted by Crippen LogP contribution is -2.23. The Morgan fingerprint density at radius 3 is 2.62 bits per heavy atom. The highest BCUT2D eigenvalue weighted by Crippen LogP contribution is 2.29. The predicted octanol–water partition coefficient (Wildman–Crippen LogP) is 2.34. The minimum atomic E-state index is -4.71. The number of rotatable bonds is 4. The first-order valence-corrected chi connectivity index (χ1v) is 8.89. The van der Waals surface area contributed by atoms with Crippen LogP contribution >= 0.6 is 22.9 Å². The first-order chi connectivity index (χ1) is 11.2. The highest BCUT2D eigenvalue weighted by atomic mass is 35.5. The van der Waals surface area contributed by atoms with Gasteiger partial charge in [0.1, 0.15) is 9.90 Å². The minimum absolute atomic E-state index is 0.0301. The van der Waals surface area contributed by atoms with Crippen LogP contribution in [0.25, 0.3) is 4.96 Å². The van der Waals surface area contributed by atoms with Crippen molar-refractivity contribution in [3.8, 4) is 0 Å². The highest BCUT2D eigenvalue weighted by Gasteiger charge is 2.38. The summed E-state index contributed by atoms with van der Waals surface area (Å²) in [6.07, 6.45) is -4.71. The molecule has 7 nitrogen and oxygen atoms in total. The Bertz CT molecular complexity index is 999. The van der Waals surface area contributed by atoms with Crippen molar-refractivity contribution in [1.82, 2.24) is 24.5 Å². The lowest BCUT2D eigenvalue weighted by molar-refractivity contribution is -0.146. The summed E-state index contributed by atoms with van der Waals surface area (Å²) in [7, 11) is -3.93. The molecule has 0 bridgehead atoms. The second kappa shape index (κ2) is 5.95. The number of benzene rings is 1. The molecule has 128 valence electrons. The van der Waals surface area contributed by atoms with Crippen molar-refractivity contribution < 1.29 is 21.6 Å². The van der Waals surface area contributed by atoms with Crippen molar-refractivity contribution >= 4 is 37.9 Å². The number of hydrogen-bond donors (Lipinski definition) is 1. The zero-order valence-electron chi connectivity index (χ0n) is 11.5. The maximum absolute atomic E-state index is 12.7. The number of fused-ring (bicyclic) bond motifs is 1. The van der Waals surface area contributed by atoms with Gasteiger partial charge < -0.3 is 0 Å². The van der Waals surface area contributed by atoms with E-state index in [0.717, 1.165) is 11.3 Å². The number of nitrogens with zero attached hydrogens (tertiary/aromatic N) is 4. The zero-order chi connectivity index (χ0) is 17.5. The van der Waals surface area contributed by atoms with Gasteiger partial charge in [-0.15, -0.1) is 10.2 Å². The molecule has 0 saturated carbocycles. The van der Waals surface area contributed by atoms with Gasteiger partial charge >= 0.3 is 6.18 Å². The number of alkyl halides is 3. The van der Waals surface area contributed by atoms with Crippen LogP contribution in [0.1, 0.15) is 10.8 Å². The van der Waals surface area contributed by atoms with Gasteiger partial charge in [-0.25, -0.2) is 13.1 Å². The molecule has 2 heterocycles. The number of aromatic nitrogens is 4. The van der Waals surface area contributed by atoms with Gasteiger partial charge in [-0.3, -0.25) is 0 Å². The van der Waals surface area contributed by atoms with Gasteiger partial charge in [0.15, 0.2) is 0 Å². The van der Waals surface area contributed by atoms with Gasteiger partial charge in [0, 0.05) is 0 Å². The molecule has 1 N–H and O–H groups in total. The van der Waals surface area contributed by atoms with E-state index in [9.17, 15) is 21.6 Å². The lowest BCUT2D eigenvalue weighted by Gasteiger charge is -2.06. The summed E-state index contributed by atoms with van der Waals surface area (Å²) in [6, 6.07) is 5.79. The van der Waals surface area contributed by atoms with E-state index >= 15 is 0 Å². The van der Waals surface area contributed by atoms with Gasteiger partial charge in [0.05, 0.1) is 11.6 Å². The van der Waals surface area contributed by atoms with E-state index in [2.05, 4.69) is 20.0 Å². The van der Waals surface area contributed by atoms with E-state index in [1.54, 1.807) is 6.07 Å². The molecule has 13 heteroatoms. The molecule has 24 heavy (non-hydrogen) atoms. The largest absolute Gasteiger partial charge is 0.453 e. The molecule has 2 aromatic heterocycles. The second-order valence-corrected chi connectivity index (χ2v) is 7.65. The zero-order valence-corrected chi connectivity index (χ0v) is 13.8. The van der Waals surface area contributed by atoms with E-state index in [1.807, 2.05) is 0 Å². The van der Waals surface area contributed by atoms with Crippen LogP contribution in [-0.4, -0.2) is 28.2 Å². The van der Waals surface area contributed by atoms with Crippen molar-refractivity contribution in [3.05, 3.63) is 40.1 Å². The van der Waals surface area contributed by atoms with E-state index < -0.39 is 22.0 Å². The summed E-state index contributed by atoms with van der Waals surface area (Å²) in [5.41, 5.74) is 0. The molecule has 0 aliphatic rings. The lowest BCUT2D eigenvalue weighted by atomic mass is 10.4. The summed E-state index contributed by atoms with van der Waals surface area (Å²) in [4.78, 5) is -0.222. The molecule has 0 atom stereocenters. The fourth-order valence-corrected chi connectivity index (χ4v) is 4.17. The quantitative estimate of drug-likeness (QED) is 0.729. The van der Waals surface area contributed by atoms with Crippen LogP contribution < -0.4 is 4.72 Å². The number of halogens is 4. The topological polar surface area (TPSA) is 89.2 Å². The number of sulfonamides is 1. The van der Waals surface area contributed by atoms with E-state index in [1.165, 1.54) is 18.2 Å². The smallest absolute Gasteiger partial charge is 0.207 e. The average molecular weight is 398 g/mol. The fourth-order valence-electron chi connectivity index (χ4n) is 1.80. The van der Waals surface area contributed by atoms with Crippen molar-refractivity contribution in [3.63, 3.8) is 0 Å². The maximum Gasteiger partial charge on any atom is 0.453 e.